The van der Waals surface area contributed by atoms with Gasteiger partial charge in [-0.05, 0) is 48.0 Å². The van der Waals surface area contributed by atoms with Gasteiger partial charge in [0.1, 0.15) is 0 Å². The van der Waals surface area contributed by atoms with Gasteiger partial charge in [0.15, 0.2) is 11.6 Å². The van der Waals surface area contributed by atoms with Gasteiger partial charge in [-0.1, -0.05) is 11.6 Å². The summed E-state index contributed by atoms with van der Waals surface area (Å²) in [5, 5.41) is 4.95. The number of aromatic nitrogens is 3. The molecule has 0 N–H and O–H groups in total. The van der Waals surface area contributed by atoms with Crippen molar-refractivity contribution in [3.8, 4) is 17.3 Å². The maximum atomic E-state index is 5.85. The van der Waals surface area contributed by atoms with Crippen molar-refractivity contribution in [1.29, 1.82) is 0 Å². The van der Waals surface area contributed by atoms with E-state index in [1.54, 1.807) is 35.2 Å². The predicted molar refractivity (Wildman–Crippen MR) is 69.1 cm³/mol. The van der Waals surface area contributed by atoms with Gasteiger partial charge in [0.25, 0.3) is 0 Å². The van der Waals surface area contributed by atoms with E-state index in [1.807, 2.05) is 12.1 Å². The zero-order valence-corrected chi connectivity index (χ0v) is 10.6. The van der Waals surface area contributed by atoms with E-state index < -0.39 is 0 Å². The first-order valence-corrected chi connectivity index (χ1v) is 5.92. The zero-order chi connectivity index (χ0) is 12.5. The number of rotatable bonds is 2. The first-order chi connectivity index (χ1) is 8.74. The Morgan fingerprint density at radius 3 is 2.50 bits per heavy atom. The fourth-order valence-electron chi connectivity index (χ4n) is 1.61. The number of benzene rings is 1. The molecule has 2 aromatic heterocycles. The third-order valence-electron chi connectivity index (χ3n) is 2.39. The molecule has 0 aliphatic heterocycles. The Morgan fingerprint density at radius 2 is 1.83 bits per heavy atom. The summed E-state index contributed by atoms with van der Waals surface area (Å²) in [5.74, 6) is 1.15. The zero-order valence-electron chi connectivity index (χ0n) is 9.05. The van der Waals surface area contributed by atoms with Crippen LogP contribution < -0.4 is 0 Å². The van der Waals surface area contributed by atoms with Gasteiger partial charge in [0.2, 0.25) is 5.28 Å². The molecule has 3 aromatic rings. The molecule has 0 atom stereocenters. The van der Waals surface area contributed by atoms with Crippen LogP contribution in [0.25, 0.3) is 17.3 Å². The van der Waals surface area contributed by atoms with E-state index in [0.717, 1.165) is 5.69 Å². The summed E-state index contributed by atoms with van der Waals surface area (Å²) >= 11 is 11.7. The largest absolute Gasteiger partial charge is 0.461 e. The Labute approximate surface area is 113 Å². The Kier molecular flexibility index (Phi) is 2.81. The van der Waals surface area contributed by atoms with Crippen LogP contribution in [0.1, 0.15) is 0 Å². The molecule has 0 aliphatic carbocycles. The first-order valence-electron chi connectivity index (χ1n) is 5.16. The first kappa shape index (κ1) is 11.3. The maximum Gasteiger partial charge on any atom is 0.243 e. The van der Waals surface area contributed by atoms with E-state index in [9.17, 15) is 0 Å². The quantitative estimate of drug-likeness (QED) is 0.716. The highest BCUT2D eigenvalue weighted by Gasteiger charge is 2.14. The summed E-state index contributed by atoms with van der Waals surface area (Å²) in [7, 11) is 0. The van der Waals surface area contributed by atoms with Gasteiger partial charge in [-0.3, -0.25) is 0 Å². The second-order valence-electron chi connectivity index (χ2n) is 3.57. The van der Waals surface area contributed by atoms with Crippen LogP contribution in [-0.4, -0.2) is 14.8 Å². The van der Waals surface area contributed by atoms with Crippen molar-refractivity contribution in [2.24, 2.45) is 0 Å². The molecule has 4 nitrogen and oxygen atoms in total. The van der Waals surface area contributed by atoms with E-state index >= 15 is 0 Å². The van der Waals surface area contributed by atoms with Crippen LogP contribution in [0.15, 0.2) is 47.1 Å². The summed E-state index contributed by atoms with van der Waals surface area (Å²) in [5.41, 5.74) is 0.810. The molecule has 6 heteroatoms. The molecule has 0 amide bonds. The summed E-state index contributed by atoms with van der Waals surface area (Å²) in [6, 6.07) is 10.8. The highest BCUT2D eigenvalue weighted by atomic mass is 35.5. The average molecular weight is 280 g/mol. The van der Waals surface area contributed by atoms with Crippen molar-refractivity contribution < 1.29 is 4.42 Å². The van der Waals surface area contributed by atoms with Crippen molar-refractivity contribution in [3.63, 3.8) is 0 Å². The van der Waals surface area contributed by atoms with Gasteiger partial charge in [-0.25, -0.2) is 4.68 Å². The summed E-state index contributed by atoms with van der Waals surface area (Å²) in [6.07, 6.45) is 1.57. The molecule has 1 aromatic carbocycles. The normalized spacial score (nSPS) is 10.8. The lowest BCUT2D eigenvalue weighted by molar-refractivity contribution is 0.574. The molecule has 0 saturated heterocycles. The van der Waals surface area contributed by atoms with E-state index in [4.69, 9.17) is 27.6 Å². The third kappa shape index (κ3) is 2.00. The Morgan fingerprint density at radius 1 is 1.06 bits per heavy atom. The maximum absolute atomic E-state index is 5.85. The number of hydrogen-bond donors (Lipinski definition) is 0. The monoisotopic (exact) mass is 279 g/mol. The number of halogens is 2. The van der Waals surface area contributed by atoms with Gasteiger partial charge in [0, 0.05) is 5.02 Å². The molecular weight excluding hydrogens is 273 g/mol. The van der Waals surface area contributed by atoms with Crippen LogP contribution in [0.3, 0.4) is 0 Å². The van der Waals surface area contributed by atoms with Gasteiger partial charge in [-0.15, -0.1) is 5.10 Å². The molecule has 0 saturated carbocycles. The molecule has 3 rings (SSSR count). The Hall–Kier alpha value is -1.78. The Bertz CT molecular complexity index is 659. The number of hydrogen-bond acceptors (Lipinski definition) is 3. The predicted octanol–water partition coefficient (Wildman–Crippen LogP) is 3.83. The molecule has 0 fully saturated rings. The molecule has 18 heavy (non-hydrogen) atoms. The van der Waals surface area contributed by atoms with E-state index in [1.165, 1.54) is 0 Å². The molecule has 0 aliphatic rings. The average Bonchev–Trinajstić information content (AvgIpc) is 2.98. The van der Waals surface area contributed by atoms with E-state index in [0.29, 0.717) is 16.6 Å². The van der Waals surface area contributed by atoms with Gasteiger partial charge >= 0.3 is 0 Å². The van der Waals surface area contributed by atoms with E-state index in [2.05, 4.69) is 10.1 Å². The van der Waals surface area contributed by atoms with Crippen LogP contribution in [0, 0.1) is 0 Å². The van der Waals surface area contributed by atoms with Crippen molar-refractivity contribution in [2.45, 2.75) is 0 Å². The molecule has 0 spiro atoms. The standard InChI is InChI=1S/C12H7Cl2N3O/c13-8-3-5-9(6-4-8)17-11(15-12(14)16-17)10-2-1-7-18-10/h1-7H. The van der Waals surface area contributed by atoms with Crippen molar-refractivity contribution in [2.75, 3.05) is 0 Å². The second kappa shape index (κ2) is 4.48. The van der Waals surface area contributed by atoms with Gasteiger partial charge in [0.05, 0.1) is 12.0 Å². The summed E-state index contributed by atoms with van der Waals surface area (Å²) in [4.78, 5) is 4.14. The van der Waals surface area contributed by atoms with Crippen molar-refractivity contribution in [1.82, 2.24) is 14.8 Å². The molecule has 90 valence electrons. The van der Waals surface area contributed by atoms with Crippen molar-refractivity contribution >= 4 is 23.2 Å². The van der Waals surface area contributed by atoms with Gasteiger partial charge in [-0.2, -0.15) is 4.98 Å². The lowest BCUT2D eigenvalue weighted by atomic mass is 10.3. The molecule has 0 unspecified atom stereocenters. The summed E-state index contributed by atoms with van der Waals surface area (Å²) in [6.45, 7) is 0. The van der Waals surface area contributed by atoms with Crippen LogP contribution in [0.5, 0.6) is 0 Å². The number of nitrogens with zero attached hydrogens (tertiary/aromatic N) is 3. The molecule has 0 bridgehead atoms. The lowest BCUT2D eigenvalue weighted by Crippen LogP contribution is -1.98. The van der Waals surface area contributed by atoms with E-state index in [-0.39, 0.29) is 5.28 Å². The lowest BCUT2D eigenvalue weighted by Gasteiger charge is -2.03. The Balaban J connectivity index is 2.15. The summed E-state index contributed by atoms with van der Waals surface area (Å²) < 4.78 is 6.92. The fourth-order valence-corrected chi connectivity index (χ4v) is 1.90. The minimum atomic E-state index is 0.163. The topological polar surface area (TPSA) is 43.9 Å². The molecular formula is C12H7Cl2N3O. The third-order valence-corrected chi connectivity index (χ3v) is 2.81. The van der Waals surface area contributed by atoms with Crippen LogP contribution in [0.2, 0.25) is 10.3 Å². The minimum absolute atomic E-state index is 0.163. The fraction of sp³-hybridized carbons (Fsp3) is 0. The SMILES string of the molecule is Clc1ccc(-n2nc(Cl)nc2-c2ccco2)cc1. The second-order valence-corrected chi connectivity index (χ2v) is 4.34. The van der Waals surface area contributed by atoms with Gasteiger partial charge < -0.3 is 4.42 Å². The smallest absolute Gasteiger partial charge is 0.243 e. The highest BCUT2D eigenvalue weighted by molar-refractivity contribution is 6.30. The highest BCUT2D eigenvalue weighted by Crippen LogP contribution is 2.23. The number of furan rings is 1. The molecule has 0 radical (unpaired) electrons. The molecule has 2 heterocycles. The van der Waals surface area contributed by atoms with Crippen LogP contribution in [-0.2, 0) is 0 Å². The van der Waals surface area contributed by atoms with Crippen molar-refractivity contribution in [3.05, 3.63) is 53.0 Å². The minimum Gasteiger partial charge on any atom is -0.461 e. The van der Waals surface area contributed by atoms with Crippen LogP contribution >= 0.6 is 23.2 Å². The van der Waals surface area contributed by atoms with Crippen LogP contribution in [0.4, 0.5) is 0 Å².